The van der Waals surface area contributed by atoms with Crippen molar-refractivity contribution < 1.29 is 19.1 Å². The van der Waals surface area contributed by atoms with Crippen LogP contribution in [0.25, 0.3) is 0 Å². The van der Waals surface area contributed by atoms with E-state index in [4.69, 9.17) is 0 Å². The van der Waals surface area contributed by atoms with Crippen LogP contribution in [0.2, 0.25) is 0 Å². The molecule has 138 valence electrons. The Morgan fingerprint density at radius 2 is 1.12 bits per heavy atom. The van der Waals surface area contributed by atoms with E-state index in [2.05, 4.69) is 42.8 Å². The molecule has 0 aliphatic carbocycles. The van der Waals surface area contributed by atoms with Crippen LogP contribution in [0.1, 0.15) is 45.2 Å². The van der Waals surface area contributed by atoms with E-state index in [1.54, 1.807) is 21.0 Å². The van der Waals surface area contributed by atoms with Gasteiger partial charge in [0.1, 0.15) is 5.78 Å². The van der Waals surface area contributed by atoms with Gasteiger partial charge in [-0.3, -0.25) is 9.59 Å². The predicted molar refractivity (Wildman–Crippen MR) is 98.9 cm³/mol. The van der Waals surface area contributed by atoms with Gasteiger partial charge in [0.05, 0.1) is 7.11 Å². The summed E-state index contributed by atoms with van der Waals surface area (Å²) >= 11 is 0. The van der Waals surface area contributed by atoms with Gasteiger partial charge in [0.2, 0.25) is 5.91 Å². The molecule has 5 nitrogen and oxygen atoms in total. The zero-order valence-corrected chi connectivity index (χ0v) is 16.6. The first-order valence-corrected chi connectivity index (χ1v) is 7.72. The topological polar surface area (TPSA) is 63.7 Å². The van der Waals surface area contributed by atoms with Crippen LogP contribution >= 0.6 is 0 Å². The number of aryl methyl sites for hydroxylation is 2. The van der Waals surface area contributed by atoms with Gasteiger partial charge >= 0.3 is 5.97 Å². The van der Waals surface area contributed by atoms with Crippen LogP contribution in [0.15, 0.2) is 24.3 Å². The largest absolute Gasteiger partial charge is 0.469 e. The van der Waals surface area contributed by atoms with E-state index in [1.165, 1.54) is 37.0 Å². The molecule has 1 aromatic rings. The highest BCUT2D eigenvalue weighted by Crippen LogP contribution is 1.99. The molecule has 0 aliphatic rings. The Hall–Kier alpha value is -2.17. The summed E-state index contributed by atoms with van der Waals surface area (Å²) in [5.41, 5.74) is 2.66. The summed E-state index contributed by atoms with van der Waals surface area (Å²) in [6.45, 7) is 10.5. The van der Waals surface area contributed by atoms with Crippen LogP contribution in [0, 0.1) is 13.8 Å². The molecule has 0 saturated carbocycles. The smallest absolute Gasteiger partial charge is 0.302 e. The van der Waals surface area contributed by atoms with E-state index in [9.17, 15) is 14.4 Å². The number of hydrogen-bond donors (Lipinski definition) is 0. The van der Waals surface area contributed by atoms with Crippen molar-refractivity contribution in [2.45, 2.75) is 48.0 Å². The van der Waals surface area contributed by atoms with Crippen LogP contribution < -0.4 is 0 Å². The van der Waals surface area contributed by atoms with Crippen molar-refractivity contribution in [3.8, 4) is 0 Å². The second kappa shape index (κ2) is 17.2. The van der Waals surface area contributed by atoms with Gasteiger partial charge < -0.3 is 14.4 Å². The standard InChI is InChI=1S/C8H10.C4H9NO.C4H8O.C3H6O2/c1-7-3-5-8(2)6-4-7;1-4(6)5(2)3;1-3-4(2)5;1-3(4)5-2/h3-6H,1-2H3;1-3H3;3H2,1-2H3;1-2H3. The van der Waals surface area contributed by atoms with Crippen molar-refractivity contribution in [1.82, 2.24) is 4.90 Å². The molecule has 5 heteroatoms. The Labute approximate surface area is 147 Å². The number of hydrogen-bond acceptors (Lipinski definition) is 4. The number of carbonyl (C=O) groups is 3. The van der Waals surface area contributed by atoms with Gasteiger partial charge in [-0.2, -0.15) is 0 Å². The fraction of sp³-hybridized carbons (Fsp3) is 0.526. The number of nitrogens with zero attached hydrogens (tertiary/aromatic N) is 1. The summed E-state index contributed by atoms with van der Waals surface area (Å²) in [7, 11) is 4.80. The third-order valence-corrected chi connectivity index (χ3v) is 2.63. The van der Waals surface area contributed by atoms with E-state index in [1.807, 2.05) is 6.92 Å². The van der Waals surface area contributed by atoms with Crippen molar-refractivity contribution in [2.75, 3.05) is 21.2 Å². The minimum Gasteiger partial charge on any atom is -0.469 e. The molecule has 0 saturated heterocycles. The van der Waals surface area contributed by atoms with Gasteiger partial charge in [-0.25, -0.2) is 0 Å². The van der Waals surface area contributed by atoms with Gasteiger partial charge in [0, 0.05) is 34.4 Å². The first-order chi connectivity index (χ1) is 11.0. The fourth-order valence-electron chi connectivity index (χ4n) is 0.637. The highest BCUT2D eigenvalue weighted by molar-refractivity contribution is 5.74. The molecule has 1 aromatic carbocycles. The Balaban J connectivity index is -0.000000252. The van der Waals surface area contributed by atoms with E-state index in [0.717, 1.165) is 0 Å². The molecule has 0 unspecified atom stereocenters. The molecule has 0 radical (unpaired) electrons. The van der Waals surface area contributed by atoms with E-state index in [0.29, 0.717) is 6.42 Å². The summed E-state index contributed by atoms with van der Waals surface area (Å²) < 4.78 is 4.11. The fourth-order valence-corrected chi connectivity index (χ4v) is 0.637. The number of rotatable bonds is 1. The van der Waals surface area contributed by atoms with Crippen LogP contribution in [0.4, 0.5) is 0 Å². The average molecular weight is 339 g/mol. The lowest BCUT2D eigenvalue weighted by Gasteiger charge is -2.02. The number of carbonyl (C=O) groups excluding carboxylic acids is 3. The Bertz CT molecular complexity index is 430. The molecule has 0 aliphatic heterocycles. The first-order valence-electron chi connectivity index (χ1n) is 7.72. The molecular formula is C19H33NO4. The third-order valence-electron chi connectivity index (χ3n) is 2.63. The second-order valence-electron chi connectivity index (χ2n) is 5.32. The van der Waals surface area contributed by atoms with Gasteiger partial charge in [-0.1, -0.05) is 42.3 Å². The summed E-state index contributed by atoms with van der Waals surface area (Å²) in [5.74, 6) is 0.102. The maximum atomic E-state index is 10.1. The highest BCUT2D eigenvalue weighted by Gasteiger charge is 1.87. The van der Waals surface area contributed by atoms with Gasteiger partial charge in [0.25, 0.3) is 0 Å². The average Bonchev–Trinajstić information content (AvgIpc) is 2.51. The Morgan fingerprint density at radius 1 is 0.917 bits per heavy atom. The molecule has 0 atom stereocenters. The molecule has 24 heavy (non-hydrogen) atoms. The van der Waals surface area contributed by atoms with Gasteiger partial charge in [0.15, 0.2) is 0 Å². The number of ketones is 1. The van der Waals surface area contributed by atoms with Crippen LogP contribution in [0.5, 0.6) is 0 Å². The lowest BCUT2D eigenvalue weighted by molar-refractivity contribution is -0.138. The molecule has 1 amide bonds. The predicted octanol–water partition coefficient (Wildman–Crippen LogP) is 3.56. The minimum atomic E-state index is -0.245. The monoisotopic (exact) mass is 339 g/mol. The van der Waals surface area contributed by atoms with Crippen molar-refractivity contribution in [1.29, 1.82) is 0 Å². The maximum absolute atomic E-state index is 10.1. The van der Waals surface area contributed by atoms with Crippen LogP contribution in [-0.2, 0) is 19.1 Å². The Kier molecular flexibility index (Phi) is 19.1. The number of benzene rings is 1. The van der Waals surface area contributed by atoms with E-state index >= 15 is 0 Å². The maximum Gasteiger partial charge on any atom is 0.302 e. The molecule has 0 aromatic heterocycles. The third kappa shape index (κ3) is 28.1. The molecule has 1 rings (SSSR count). The van der Waals surface area contributed by atoms with Crippen molar-refractivity contribution >= 4 is 17.7 Å². The normalized spacial score (nSPS) is 8.04. The molecule has 0 spiro atoms. The number of esters is 1. The lowest BCUT2D eigenvalue weighted by atomic mass is 10.2. The number of methoxy groups -OCH3 is 1. The van der Waals surface area contributed by atoms with Crippen LogP contribution in [-0.4, -0.2) is 43.8 Å². The lowest BCUT2D eigenvalue weighted by Crippen LogP contribution is -2.17. The summed E-state index contributed by atoms with van der Waals surface area (Å²) in [5, 5.41) is 0. The highest BCUT2D eigenvalue weighted by atomic mass is 16.5. The molecule has 0 N–H and O–H groups in total. The van der Waals surface area contributed by atoms with Gasteiger partial charge in [-0.15, -0.1) is 0 Å². The van der Waals surface area contributed by atoms with Crippen molar-refractivity contribution in [3.05, 3.63) is 35.4 Å². The molecule has 0 heterocycles. The molecule has 0 fully saturated rings. The van der Waals surface area contributed by atoms with E-state index < -0.39 is 0 Å². The quantitative estimate of drug-likeness (QED) is 0.734. The van der Waals surface area contributed by atoms with Gasteiger partial charge in [-0.05, 0) is 20.8 Å². The SMILES string of the molecule is CC(=O)N(C)C.CCC(C)=O.COC(C)=O.Cc1ccc(C)cc1. The number of amides is 1. The second-order valence-corrected chi connectivity index (χ2v) is 5.32. The first kappa shape index (κ1) is 26.7. The molecular weight excluding hydrogens is 306 g/mol. The molecule has 0 bridgehead atoms. The van der Waals surface area contributed by atoms with Crippen LogP contribution in [0.3, 0.4) is 0 Å². The van der Waals surface area contributed by atoms with Crippen molar-refractivity contribution in [3.63, 3.8) is 0 Å². The minimum absolute atomic E-state index is 0.0926. The summed E-state index contributed by atoms with van der Waals surface area (Å²) in [4.78, 5) is 31.0. The summed E-state index contributed by atoms with van der Waals surface area (Å²) in [6.07, 6.45) is 0.667. The van der Waals surface area contributed by atoms with Crippen molar-refractivity contribution in [2.24, 2.45) is 0 Å². The zero-order chi connectivity index (χ0) is 19.7. The van der Waals surface area contributed by atoms with E-state index in [-0.39, 0.29) is 17.7 Å². The summed E-state index contributed by atoms with van der Waals surface area (Å²) in [6, 6.07) is 8.48. The Morgan fingerprint density at radius 3 is 1.21 bits per heavy atom. The number of ether oxygens (including phenoxy) is 1. The zero-order valence-electron chi connectivity index (χ0n) is 16.6. The number of Topliss-reactive ketones (excluding diaryl/α,β-unsaturated/α-hetero) is 1.